The van der Waals surface area contributed by atoms with E-state index in [0.29, 0.717) is 34.7 Å². The Labute approximate surface area is 210 Å². The number of hydrogen-bond acceptors (Lipinski definition) is 4. The van der Waals surface area contributed by atoms with E-state index in [-0.39, 0.29) is 17.7 Å². The third-order valence-electron chi connectivity index (χ3n) is 6.63. The Morgan fingerprint density at radius 2 is 1.79 bits per heavy atom. The first kappa shape index (κ1) is 24.0. The molecular formula is C25H27Cl3N4O. The average Bonchev–Trinajstić information content (AvgIpc) is 3.31. The molecule has 0 radical (unpaired) electrons. The molecule has 1 amide bonds. The summed E-state index contributed by atoms with van der Waals surface area (Å²) < 4.78 is 0. The summed E-state index contributed by atoms with van der Waals surface area (Å²) in [6.07, 6.45) is 2.41. The molecule has 1 unspecified atom stereocenters. The van der Waals surface area contributed by atoms with E-state index in [1.807, 2.05) is 29.2 Å². The van der Waals surface area contributed by atoms with Gasteiger partial charge in [-0.25, -0.2) is 0 Å². The second kappa shape index (κ2) is 10.4. The van der Waals surface area contributed by atoms with Crippen LogP contribution in [0.3, 0.4) is 0 Å². The van der Waals surface area contributed by atoms with Crippen molar-refractivity contribution in [2.45, 2.75) is 26.2 Å². The van der Waals surface area contributed by atoms with Crippen molar-refractivity contribution in [3.8, 4) is 6.07 Å². The van der Waals surface area contributed by atoms with E-state index in [1.165, 1.54) is 0 Å². The molecule has 2 aliphatic rings. The Hall–Kier alpha value is -2.13. The van der Waals surface area contributed by atoms with Gasteiger partial charge in [0.1, 0.15) is 0 Å². The van der Waals surface area contributed by atoms with Crippen molar-refractivity contribution in [2.75, 3.05) is 42.5 Å². The highest BCUT2D eigenvalue weighted by Gasteiger charge is 2.33. The van der Waals surface area contributed by atoms with Crippen LogP contribution in [0.25, 0.3) is 0 Å². The maximum Gasteiger partial charge on any atom is 0.225 e. The number of carbonyl (C=O) groups excluding carboxylic acids is 1. The van der Waals surface area contributed by atoms with Crippen molar-refractivity contribution in [3.63, 3.8) is 0 Å². The molecule has 0 spiro atoms. The molecule has 0 saturated carbocycles. The molecule has 33 heavy (non-hydrogen) atoms. The van der Waals surface area contributed by atoms with Gasteiger partial charge in [-0.1, -0.05) is 34.8 Å². The lowest BCUT2D eigenvalue weighted by atomic mass is 9.95. The van der Waals surface area contributed by atoms with Crippen LogP contribution in [-0.2, 0) is 4.79 Å². The maximum atomic E-state index is 12.9. The summed E-state index contributed by atoms with van der Waals surface area (Å²) in [7, 11) is 0. The molecule has 2 saturated heterocycles. The lowest BCUT2D eigenvalue weighted by Crippen LogP contribution is -2.42. The van der Waals surface area contributed by atoms with Gasteiger partial charge in [-0.15, -0.1) is 0 Å². The van der Waals surface area contributed by atoms with E-state index in [1.54, 1.807) is 6.07 Å². The molecular weight excluding hydrogens is 479 g/mol. The van der Waals surface area contributed by atoms with E-state index >= 15 is 0 Å². The maximum absolute atomic E-state index is 12.9. The van der Waals surface area contributed by atoms with Crippen molar-refractivity contribution >= 4 is 57.8 Å². The zero-order valence-electron chi connectivity index (χ0n) is 18.6. The number of halogens is 3. The van der Waals surface area contributed by atoms with E-state index in [0.717, 1.165) is 49.4 Å². The molecule has 2 heterocycles. The topological polar surface area (TPSA) is 50.6 Å². The summed E-state index contributed by atoms with van der Waals surface area (Å²) in [5.74, 6) is 0.224. The van der Waals surface area contributed by atoms with Gasteiger partial charge < -0.3 is 14.7 Å². The highest BCUT2D eigenvalue weighted by atomic mass is 35.5. The predicted octanol–water partition coefficient (Wildman–Crippen LogP) is 6.39. The Kier molecular flexibility index (Phi) is 7.58. The number of benzene rings is 2. The van der Waals surface area contributed by atoms with Crippen molar-refractivity contribution in [2.24, 2.45) is 11.8 Å². The Bertz CT molecular complexity index is 1060. The van der Waals surface area contributed by atoms with E-state index in [4.69, 9.17) is 40.1 Å². The largest absolute Gasteiger partial charge is 0.371 e. The molecule has 1 atom stereocenters. The Morgan fingerprint density at radius 3 is 2.42 bits per heavy atom. The summed E-state index contributed by atoms with van der Waals surface area (Å²) in [5, 5.41) is 10.9. The van der Waals surface area contributed by atoms with Crippen molar-refractivity contribution < 1.29 is 4.79 Å². The molecule has 2 aliphatic heterocycles. The fourth-order valence-electron chi connectivity index (χ4n) is 4.78. The van der Waals surface area contributed by atoms with Gasteiger partial charge in [0.15, 0.2) is 0 Å². The number of anilines is 3. The fraction of sp³-hybridized carbons (Fsp3) is 0.440. The summed E-state index contributed by atoms with van der Waals surface area (Å²) in [6, 6.07) is 13.8. The number of amides is 1. The van der Waals surface area contributed by atoms with Gasteiger partial charge >= 0.3 is 0 Å². The zero-order valence-corrected chi connectivity index (χ0v) is 20.9. The van der Waals surface area contributed by atoms with Crippen molar-refractivity contribution in [1.29, 1.82) is 5.26 Å². The van der Waals surface area contributed by atoms with Crippen LogP contribution in [0.15, 0.2) is 36.4 Å². The molecule has 2 aromatic carbocycles. The van der Waals surface area contributed by atoms with Crippen LogP contribution in [0.1, 0.15) is 26.2 Å². The van der Waals surface area contributed by atoms with Crippen molar-refractivity contribution in [3.05, 3.63) is 51.5 Å². The standard InChI is InChI=1S/C25H27Cl3N4O/c1-2-32(23-6-3-19(26)13-22(23)28)24-14-20(4-5-21(24)27)30-11-8-18(9-12-30)25(33)31-10-7-17(15-29)16-31/h3-6,13-14,17-18H,2,7-12,16H2,1H3. The molecule has 4 rings (SSSR count). The first-order valence-electron chi connectivity index (χ1n) is 11.4. The third kappa shape index (κ3) is 5.19. The van der Waals surface area contributed by atoms with Crippen LogP contribution in [-0.4, -0.2) is 43.5 Å². The average molecular weight is 506 g/mol. The summed E-state index contributed by atoms with van der Waals surface area (Å²) >= 11 is 19.2. The summed E-state index contributed by atoms with van der Waals surface area (Å²) in [4.78, 5) is 19.2. The number of nitrogens with zero attached hydrogens (tertiary/aromatic N) is 4. The molecule has 8 heteroatoms. The summed E-state index contributed by atoms with van der Waals surface area (Å²) in [6.45, 7) is 5.65. The third-order valence-corrected chi connectivity index (χ3v) is 7.49. The minimum Gasteiger partial charge on any atom is -0.371 e. The number of hydrogen-bond donors (Lipinski definition) is 0. The molecule has 0 N–H and O–H groups in total. The van der Waals surface area contributed by atoms with Gasteiger partial charge in [-0.2, -0.15) is 5.26 Å². The van der Waals surface area contributed by atoms with Crippen LogP contribution in [0, 0.1) is 23.2 Å². The monoisotopic (exact) mass is 504 g/mol. The predicted molar refractivity (Wildman–Crippen MR) is 136 cm³/mol. The second-order valence-electron chi connectivity index (χ2n) is 8.64. The normalized spacial score (nSPS) is 18.9. The molecule has 2 aromatic rings. The minimum absolute atomic E-state index is 0.0165. The zero-order chi connectivity index (χ0) is 23.5. The highest BCUT2D eigenvalue weighted by Crippen LogP contribution is 2.39. The number of piperidine rings is 1. The molecule has 0 aromatic heterocycles. The van der Waals surface area contributed by atoms with E-state index in [9.17, 15) is 4.79 Å². The van der Waals surface area contributed by atoms with E-state index in [2.05, 4.69) is 28.9 Å². The lowest BCUT2D eigenvalue weighted by Gasteiger charge is -2.35. The van der Waals surface area contributed by atoms with Crippen molar-refractivity contribution in [1.82, 2.24) is 4.90 Å². The number of rotatable bonds is 5. The van der Waals surface area contributed by atoms with Gasteiger partial charge in [-0.3, -0.25) is 4.79 Å². The molecule has 174 valence electrons. The van der Waals surface area contributed by atoms with Gasteiger partial charge in [0.2, 0.25) is 5.91 Å². The molecule has 2 fully saturated rings. The first-order chi connectivity index (χ1) is 15.9. The van der Waals surface area contributed by atoms with Crippen LogP contribution >= 0.6 is 34.8 Å². The first-order valence-corrected chi connectivity index (χ1v) is 12.5. The Balaban J connectivity index is 1.47. The van der Waals surface area contributed by atoms with Crippen LogP contribution in [0.4, 0.5) is 17.1 Å². The van der Waals surface area contributed by atoms with Gasteiger partial charge in [0.25, 0.3) is 0 Å². The fourth-order valence-corrected chi connectivity index (χ4v) is 5.51. The van der Waals surface area contributed by atoms with Crippen LogP contribution in [0.5, 0.6) is 0 Å². The second-order valence-corrected chi connectivity index (χ2v) is 9.89. The van der Waals surface area contributed by atoms with Gasteiger partial charge in [0, 0.05) is 49.4 Å². The SMILES string of the molecule is CCN(c1ccc(Cl)cc1Cl)c1cc(N2CCC(C(=O)N3CCC(C#N)C3)CC2)ccc1Cl. The number of carbonyl (C=O) groups is 1. The smallest absolute Gasteiger partial charge is 0.225 e. The van der Waals surface area contributed by atoms with E-state index < -0.39 is 0 Å². The Morgan fingerprint density at radius 1 is 1.03 bits per heavy atom. The number of nitriles is 1. The van der Waals surface area contributed by atoms with Crippen LogP contribution in [0.2, 0.25) is 15.1 Å². The minimum atomic E-state index is -0.0165. The summed E-state index contributed by atoms with van der Waals surface area (Å²) in [5.41, 5.74) is 2.82. The molecule has 0 bridgehead atoms. The molecule has 0 aliphatic carbocycles. The quantitative estimate of drug-likeness (QED) is 0.472. The highest BCUT2D eigenvalue weighted by molar-refractivity contribution is 6.37. The lowest BCUT2D eigenvalue weighted by molar-refractivity contribution is -0.135. The van der Waals surface area contributed by atoms with Gasteiger partial charge in [0.05, 0.1) is 33.4 Å². The van der Waals surface area contributed by atoms with Gasteiger partial charge in [-0.05, 0) is 62.6 Å². The van der Waals surface area contributed by atoms with Crippen LogP contribution < -0.4 is 9.80 Å². The number of likely N-dealkylation sites (tertiary alicyclic amines) is 1. The molecule has 5 nitrogen and oxygen atoms in total.